The fraction of sp³-hybridized carbons (Fsp3) is 0.0952. The zero-order chi connectivity index (χ0) is 19.1. The van der Waals surface area contributed by atoms with Crippen molar-refractivity contribution in [1.29, 1.82) is 0 Å². The molecule has 0 atom stereocenters. The van der Waals surface area contributed by atoms with Crippen LogP contribution < -0.4 is 15.5 Å². The van der Waals surface area contributed by atoms with Gasteiger partial charge in [-0.15, -0.1) is 0 Å². The van der Waals surface area contributed by atoms with Gasteiger partial charge < -0.3 is 10.1 Å². The molecule has 0 fully saturated rings. The van der Waals surface area contributed by atoms with Crippen molar-refractivity contribution in [3.05, 3.63) is 77.9 Å². The summed E-state index contributed by atoms with van der Waals surface area (Å²) in [4.78, 5) is 12.5. The first kappa shape index (κ1) is 18.5. The Morgan fingerprint density at radius 3 is 2.59 bits per heavy atom. The predicted molar refractivity (Wildman–Crippen MR) is 112 cm³/mol. The molecule has 0 aliphatic rings. The van der Waals surface area contributed by atoms with E-state index < -0.39 is 5.97 Å². The summed E-state index contributed by atoms with van der Waals surface area (Å²) >= 11 is 5.11. The monoisotopic (exact) mass is 377 g/mol. The van der Waals surface area contributed by atoms with E-state index in [0.29, 0.717) is 28.5 Å². The largest absolute Gasteiger partial charge is 0.422 e. The second kappa shape index (κ2) is 8.91. The van der Waals surface area contributed by atoms with Gasteiger partial charge in [0.05, 0.1) is 11.8 Å². The van der Waals surface area contributed by atoms with Crippen LogP contribution in [0.3, 0.4) is 0 Å². The maximum Gasteiger partial charge on any atom is 0.343 e. The van der Waals surface area contributed by atoms with Gasteiger partial charge in [0, 0.05) is 12.1 Å². The van der Waals surface area contributed by atoms with E-state index in [2.05, 4.69) is 15.8 Å². The minimum atomic E-state index is -0.420. The molecule has 27 heavy (non-hydrogen) atoms. The van der Waals surface area contributed by atoms with Crippen LogP contribution in [0.1, 0.15) is 22.8 Å². The standard InChI is InChI=1S/C21H19N3O2S/c1-2-22-21(27)24-23-14-18-17-11-7-6-8-15(17)12-13-19(18)26-20(25)16-9-4-3-5-10-16/h3-14H,2H2,1H3,(H2,22,24,27)/b23-14-. The van der Waals surface area contributed by atoms with Crippen molar-refractivity contribution in [3.63, 3.8) is 0 Å². The third kappa shape index (κ3) is 4.68. The predicted octanol–water partition coefficient (Wildman–Crippen LogP) is 3.88. The summed E-state index contributed by atoms with van der Waals surface area (Å²) in [5.74, 6) is 0.0131. The molecular formula is C21H19N3O2S. The first-order valence-electron chi connectivity index (χ1n) is 8.55. The van der Waals surface area contributed by atoms with Crippen molar-refractivity contribution in [2.24, 2.45) is 5.10 Å². The maximum absolute atomic E-state index is 12.5. The maximum atomic E-state index is 12.5. The highest BCUT2D eigenvalue weighted by atomic mass is 32.1. The Balaban J connectivity index is 1.93. The van der Waals surface area contributed by atoms with E-state index in [4.69, 9.17) is 17.0 Å². The number of hydrazone groups is 1. The normalized spacial score (nSPS) is 10.7. The van der Waals surface area contributed by atoms with Crippen molar-refractivity contribution in [3.8, 4) is 5.75 Å². The van der Waals surface area contributed by atoms with E-state index in [1.165, 1.54) is 0 Å². The lowest BCUT2D eigenvalue weighted by molar-refractivity contribution is 0.0735. The molecule has 6 heteroatoms. The molecule has 0 bridgehead atoms. The van der Waals surface area contributed by atoms with Gasteiger partial charge in [0.1, 0.15) is 5.75 Å². The van der Waals surface area contributed by atoms with E-state index in [0.717, 1.165) is 10.8 Å². The smallest absolute Gasteiger partial charge is 0.343 e. The number of nitrogens with zero attached hydrogens (tertiary/aromatic N) is 1. The Labute approximate surface area is 163 Å². The van der Waals surface area contributed by atoms with Gasteiger partial charge in [0.2, 0.25) is 0 Å². The Kier molecular flexibility index (Phi) is 6.12. The molecule has 0 amide bonds. The number of carbonyl (C=O) groups is 1. The minimum absolute atomic E-state index is 0.420. The van der Waals surface area contributed by atoms with Gasteiger partial charge >= 0.3 is 5.97 Å². The number of fused-ring (bicyclic) bond motifs is 1. The second-order valence-corrected chi connectivity index (χ2v) is 6.09. The topological polar surface area (TPSA) is 62.7 Å². The van der Waals surface area contributed by atoms with Crippen molar-refractivity contribution >= 4 is 40.3 Å². The number of carbonyl (C=O) groups excluding carboxylic acids is 1. The van der Waals surface area contributed by atoms with Crippen molar-refractivity contribution in [2.75, 3.05) is 6.54 Å². The molecule has 0 aliphatic carbocycles. The Morgan fingerprint density at radius 2 is 1.81 bits per heavy atom. The fourth-order valence-electron chi connectivity index (χ4n) is 2.59. The van der Waals surface area contributed by atoms with Gasteiger partial charge in [-0.05, 0) is 48.1 Å². The molecule has 0 saturated carbocycles. The van der Waals surface area contributed by atoms with E-state index in [-0.39, 0.29) is 0 Å². The SMILES string of the molecule is CCNC(=S)N/N=C\c1c(OC(=O)c2ccccc2)ccc2ccccc12. The Morgan fingerprint density at radius 1 is 1.07 bits per heavy atom. The number of benzene rings is 3. The summed E-state index contributed by atoms with van der Waals surface area (Å²) in [6.07, 6.45) is 1.61. The van der Waals surface area contributed by atoms with Crippen LogP contribution in [-0.2, 0) is 0 Å². The number of hydrogen-bond acceptors (Lipinski definition) is 4. The second-order valence-electron chi connectivity index (χ2n) is 5.68. The van der Waals surface area contributed by atoms with Crippen LogP contribution in [-0.4, -0.2) is 23.8 Å². The van der Waals surface area contributed by atoms with Crippen molar-refractivity contribution in [1.82, 2.24) is 10.7 Å². The summed E-state index contributed by atoms with van der Waals surface area (Å²) in [6.45, 7) is 2.65. The molecule has 0 unspecified atom stereocenters. The van der Waals surface area contributed by atoms with Crippen LogP contribution in [0.4, 0.5) is 0 Å². The van der Waals surface area contributed by atoms with Crippen molar-refractivity contribution < 1.29 is 9.53 Å². The first-order valence-corrected chi connectivity index (χ1v) is 8.95. The molecule has 136 valence electrons. The Hall–Kier alpha value is -3.25. The van der Waals surface area contributed by atoms with E-state index in [1.54, 1.807) is 36.5 Å². The van der Waals surface area contributed by atoms with Gasteiger partial charge in [-0.3, -0.25) is 5.43 Å². The van der Waals surface area contributed by atoms with Crippen LogP contribution in [0.2, 0.25) is 0 Å². The van der Waals surface area contributed by atoms with Gasteiger partial charge in [0.15, 0.2) is 5.11 Å². The first-order chi connectivity index (χ1) is 13.2. The molecule has 0 radical (unpaired) electrons. The zero-order valence-electron chi connectivity index (χ0n) is 14.8. The summed E-state index contributed by atoms with van der Waals surface area (Å²) in [5, 5.41) is 9.51. The number of nitrogens with one attached hydrogen (secondary N) is 2. The van der Waals surface area contributed by atoms with Gasteiger partial charge in [-0.2, -0.15) is 5.10 Å². The summed E-state index contributed by atoms with van der Waals surface area (Å²) < 4.78 is 5.64. The molecule has 0 aliphatic heterocycles. The fourth-order valence-corrected chi connectivity index (χ4v) is 2.78. The highest BCUT2D eigenvalue weighted by Gasteiger charge is 2.13. The molecule has 3 aromatic carbocycles. The lowest BCUT2D eigenvalue weighted by Crippen LogP contribution is -2.31. The number of ether oxygens (including phenoxy) is 1. The minimum Gasteiger partial charge on any atom is -0.422 e. The van der Waals surface area contributed by atoms with Crippen molar-refractivity contribution in [2.45, 2.75) is 6.92 Å². The van der Waals surface area contributed by atoms with E-state index in [9.17, 15) is 4.79 Å². The van der Waals surface area contributed by atoms with Crippen LogP contribution >= 0.6 is 12.2 Å². The molecule has 2 N–H and O–H groups in total. The van der Waals surface area contributed by atoms with Gasteiger partial charge in [-0.25, -0.2) is 4.79 Å². The lowest BCUT2D eigenvalue weighted by Gasteiger charge is -2.11. The number of hydrogen-bond donors (Lipinski definition) is 2. The van der Waals surface area contributed by atoms with Crippen LogP contribution in [0, 0.1) is 0 Å². The average Bonchev–Trinajstić information content (AvgIpc) is 2.70. The quantitative estimate of drug-likeness (QED) is 0.232. The Bertz CT molecular complexity index is 987. The van der Waals surface area contributed by atoms with Crippen LogP contribution in [0.5, 0.6) is 5.75 Å². The van der Waals surface area contributed by atoms with Gasteiger partial charge in [-0.1, -0.05) is 48.5 Å². The molecule has 3 aromatic rings. The number of rotatable bonds is 5. The van der Waals surface area contributed by atoms with Crippen LogP contribution in [0.15, 0.2) is 71.8 Å². The molecule has 0 spiro atoms. The summed E-state index contributed by atoms with van der Waals surface area (Å²) in [5.41, 5.74) is 3.94. The number of thiocarbonyl (C=S) groups is 1. The molecule has 0 saturated heterocycles. The lowest BCUT2D eigenvalue weighted by atomic mass is 10.0. The third-order valence-corrected chi connectivity index (χ3v) is 4.08. The zero-order valence-corrected chi connectivity index (χ0v) is 15.6. The third-order valence-electron chi connectivity index (χ3n) is 3.84. The molecule has 3 rings (SSSR count). The summed E-state index contributed by atoms with van der Waals surface area (Å²) in [7, 11) is 0. The number of esters is 1. The van der Waals surface area contributed by atoms with E-state index in [1.807, 2.05) is 43.3 Å². The van der Waals surface area contributed by atoms with Gasteiger partial charge in [0.25, 0.3) is 0 Å². The molecule has 0 heterocycles. The molecule has 0 aromatic heterocycles. The molecular weight excluding hydrogens is 358 g/mol. The highest BCUT2D eigenvalue weighted by Crippen LogP contribution is 2.27. The highest BCUT2D eigenvalue weighted by molar-refractivity contribution is 7.80. The van der Waals surface area contributed by atoms with Crippen LogP contribution in [0.25, 0.3) is 10.8 Å². The molecule has 5 nitrogen and oxygen atoms in total. The van der Waals surface area contributed by atoms with E-state index >= 15 is 0 Å². The summed E-state index contributed by atoms with van der Waals surface area (Å²) in [6, 6.07) is 20.4. The average molecular weight is 377 g/mol.